The number of benzene rings is 1. The predicted molar refractivity (Wildman–Crippen MR) is 72.4 cm³/mol. The molecule has 0 radical (unpaired) electrons. The van der Waals surface area contributed by atoms with Crippen LogP contribution in [0.3, 0.4) is 0 Å². The van der Waals surface area contributed by atoms with Crippen LogP contribution in [0, 0.1) is 3.57 Å². The van der Waals surface area contributed by atoms with Crippen molar-refractivity contribution in [2.75, 3.05) is 5.32 Å². The first kappa shape index (κ1) is 11.3. The smallest absolute Gasteiger partial charge is 0.227 e. The molecule has 0 spiro atoms. The van der Waals surface area contributed by atoms with E-state index in [1.807, 2.05) is 24.3 Å². The van der Waals surface area contributed by atoms with Crippen LogP contribution in [0.4, 0.5) is 11.6 Å². The van der Waals surface area contributed by atoms with Crippen molar-refractivity contribution >= 4 is 34.2 Å². The minimum absolute atomic E-state index is 0.531. The first-order chi connectivity index (χ1) is 7.78. The average molecular weight is 326 g/mol. The van der Waals surface area contributed by atoms with E-state index in [0.717, 1.165) is 14.8 Å². The first-order valence-corrected chi connectivity index (χ1v) is 5.89. The van der Waals surface area contributed by atoms with E-state index in [1.165, 1.54) is 0 Å². The van der Waals surface area contributed by atoms with Gasteiger partial charge >= 0.3 is 0 Å². The van der Waals surface area contributed by atoms with E-state index in [2.05, 4.69) is 37.9 Å². The Balaban J connectivity index is 2.16. The molecule has 0 bridgehead atoms. The Kier molecular flexibility index (Phi) is 3.68. The lowest BCUT2D eigenvalue weighted by Gasteiger charge is -2.05. The van der Waals surface area contributed by atoms with Gasteiger partial charge in [-0.15, -0.1) is 0 Å². The van der Waals surface area contributed by atoms with Crippen LogP contribution in [0.2, 0.25) is 0 Å². The van der Waals surface area contributed by atoms with Crippen LogP contribution in [0.1, 0.15) is 5.56 Å². The van der Waals surface area contributed by atoms with Gasteiger partial charge in [0, 0.05) is 28.2 Å². The molecule has 0 saturated heterocycles. The molecule has 0 aliphatic rings. The molecule has 3 N–H and O–H groups in total. The molecule has 4 nitrogen and oxygen atoms in total. The second-order valence-electron chi connectivity index (χ2n) is 3.25. The van der Waals surface area contributed by atoms with Crippen molar-refractivity contribution < 1.29 is 0 Å². The Bertz CT molecular complexity index is 470. The zero-order chi connectivity index (χ0) is 11.4. The van der Waals surface area contributed by atoms with E-state index in [0.29, 0.717) is 12.5 Å². The summed E-state index contributed by atoms with van der Waals surface area (Å²) in [6, 6.07) is 7.89. The normalized spacial score (nSPS) is 10.1. The van der Waals surface area contributed by atoms with Gasteiger partial charge in [0.2, 0.25) is 5.95 Å². The highest BCUT2D eigenvalue weighted by molar-refractivity contribution is 14.1. The molecule has 0 aliphatic carbocycles. The van der Waals surface area contributed by atoms with Gasteiger partial charge in [-0.05, 0) is 40.3 Å². The summed E-state index contributed by atoms with van der Waals surface area (Å²) < 4.78 is 1.01. The molecule has 0 atom stereocenters. The summed E-state index contributed by atoms with van der Waals surface area (Å²) in [5.74, 6) is 0.592. The largest absolute Gasteiger partial charge is 0.326 e. The lowest BCUT2D eigenvalue weighted by Crippen LogP contribution is -1.99. The number of aromatic nitrogens is 2. The number of hydrogen-bond donors (Lipinski definition) is 2. The molecular formula is C11H11IN4. The number of nitrogens with one attached hydrogen (secondary N) is 1. The minimum atomic E-state index is 0.531. The number of nitrogens with two attached hydrogens (primary N) is 1. The summed E-state index contributed by atoms with van der Waals surface area (Å²) in [6.07, 6.45) is 3.53. The van der Waals surface area contributed by atoms with Crippen molar-refractivity contribution in [1.29, 1.82) is 0 Å². The van der Waals surface area contributed by atoms with Crippen LogP contribution in [-0.2, 0) is 6.54 Å². The van der Waals surface area contributed by atoms with Crippen LogP contribution in [0.5, 0.6) is 0 Å². The van der Waals surface area contributed by atoms with E-state index < -0.39 is 0 Å². The van der Waals surface area contributed by atoms with Crippen LogP contribution >= 0.6 is 22.6 Å². The molecule has 0 unspecified atom stereocenters. The Morgan fingerprint density at radius 2 is 2.00 bits per heavy atom. The summed E-state index contributed by atoms with van der Waals surface area (Å²) >= 11 is 2.17. The maximum atomic E-state index is 5.57. The molecule has 1 heterocycles. The minimum Gasteiger partial charge on any atom is -0.326 e. The van der Waals surface area contributed by atoms with E-state index in [-0.39, 0.29) is 0 Å². The molecule has 16 heavy (non-hydrogen) atoms. The van der Waals surface area contributed by atoms with Crippen molar-refractivity contribution in [2.24, 2.45) is 5.73 Å². The highest BCUT2D eigenvalue weighted by Crippen LogP contribution is 2.14. The van der Waals surface area contributed by atoms with Gasteiger partial charge in [0.05, 0.1) is 0 Å². The van der Waals surface area contributed by atoms with Gasteiger partial charge in [-0.25, -0.2) is 9.97 Å². The molecule has 5 heteroatoms. The molecular weight excluding hydrogens is 315 g/mol. The van der Waals surface area contributed by atoms with Crippen LogP contribution in [-0.4, -0.2) is 9.97 Å². The molecule has 0 saturated carbocycles. The highest BCUT2D eigenvalue weighted by atomic mass is 127. The number of nitrogens with zero attached hydrogens (tertiary/aromatic N) is 2. The number of halogens is 1. The number of hydrogen-bond acceptors (Lipinski definition) is 4. The molecule has 0 aliphatic heterocycles. The van der Waals surface area contributed by atoms with Gasteiger partial charge in [-0.3, -0.25) is 0 Å². The summed E-state index contributed by atoms with van der Waals surface area (Å²) in [4.78, 5) is 8.34. The third-order valence-corrected chi connectivity index (χ3v) is 2.60. The zero-order valence-corrected chi connectivity index (χ0v) is 10.7. The average Bonchev–Trinajstić information content (AvgIpc) is 2.32. The third kappa shape index (κ3) is 2.89. The fraction of sp³-hybridized carbons (Fsp3) is 0.0909. The fourth-order valence-corrected chi connectivity index (χ4v) is 1.56. The van der Waals surface area contributed by atoms with Crippen molar-refractivity contribution in [3.63, 3.8) is 0 Å². The summed E-state index contributed by atoms with van der Waals surface area (Å²) in [6.45, 7) is 0.531. The van der Waals surface area contributed by atoms with E-state index in [4.69, 9.17) is 5.73 Å². The monoisotopic (exact) mass is 326 g/mol. The van der Waals surface area contributed by atoms with Crippen molar-refractivity contribution in [1.82, 2.24) is 9.97 Å². The lowest BCUT2D eigenvalue weighted by molar-refractivity contribution is 1.07. The topological polar surface area (TPSA) is 63.8 Å². The molecule has 2 aromatic rings. The molecule has 82 valence electrons. The zero-order valence-electron chi connectivity index (χ0n) is 8.52. The lowest BCUT2D eigenvalue weighted by atomic mass is 10.2. The SMILES string of the molecule is NCc1cccc(Nc2ncc(I)cn2)c1. The van der Waals surface area contributed by atoms with E-state index in [1.54, 1.807) is 12.4 Å². The maximum absolute atomic E-state index is 5.57. The first-order valence-electron chi connectivity index (χ1n) is 4.81. The van der Waals surface area contributed by atoms with Gasteiger partial charge in [-0.2, -0.15) is 0 Å². The second-order valence-corrected chi connectivity index (χ2v) is 4.50. The third-order valence-electron chi connectivity index (χ3n) is 2.04. The molecule has 2 rings (SSSR count). The maximum Gasteiger partial charge on any atom is 0.227 e. The fourth-order valence-electron chi connectivity index (χ4n) is 1.28. The van der Waals surface area contributed by atoms with Crippen molar-refractivity contribution in [3.05, 3.63) is 45.8 Å². The molecule has 1 aromatic heterocycles. The second kappa shape index (κ2) is 5.22. The van der Waals surface area contributed by atoms with Crippen LogP contribution in [0.25, 0.3) is 0 Å². The Morgan fingerprint density at radius 3 is 2.69 bits per heavy atom. The van der Waals surface area contributed by atoms with Gasteiger partial charge in [-0.1, -0.05) is 12.1 Å². The van der Waals surface area contributed by atoms with Crippen LogP contribution in [0.15, 0.2) is 36.7 Å². The quantitative estimate of drug-likeness (QED) is 0.850. The van der Waals surface area contributed by atoms with Crippen molar-refractivity contribution in [2.45, 2.75) is 6.54 Å². The number of anilines is 2. The summed E-state index contributed by atoms with van der Waals surface area (Å²) in [5, 5.41) is 3.12. The number of rotatable bonds is 3. The van der Waals surface area contributed by atoms with E-state index >= 15 is 0 Å². The summed E-state index contributed by atoms with van der Waals surface area (Å²) in [5.41, 5.74) is 7.60. The Morgan fingerprint density at radius 1 is 1.25 bits per heavy atom. The van der Waals surface area contributed by atoms with Gasteiger partial charge in [0.15, 0.2) is 0 Å². The molecule has 1 aromatic carbocycles. The van der Waals surface area contributed by atoms with Crippen LogP contribution < -0.4 is 11.1 Å². The highest BCUT2D eigenvalue weighted by Gasteiger charge is 1.98. The van der Waals surface area contributed by atoms with Gasteiger partial charge in [0.1, 0.15) is 0 Å². The molecule has 0 fully saturated rings. The Hall–Kier alpha value is -1.21. The molecule has 0 amide bonds. The standard InChI is InChI=1S/C11H11IN4/c12-9-6-14-11(15-7-9)16-10-3-1-2-8(4-10)5-13/h1-4,6-7H,5,13H2,(H,14,15,16). The van der Waals surface area contributed by atoms with Gasteiger partial charge in [0.25, 0.3) is 0 Å². The predicted octanol–water partition coefficient (Wildman–Crippen LogP) is 2.28. The van der Waals surface area contributed by atoms with Crippen molar-refractivity contribution in [3.8, 4) is 0 Å². The van der Waals surface area contributed by atoms with E-state index in [9.17, 15) is 0 Å². The van der Waals surface area contributed by atoms with Gasteiger partial charge < -0.3 is 11.1 Å². The summed E-state index contributed by atoms with van der Waals surface area (Å²) in [7, 11) is 0. The Labute approximate surface area is 107 Å².